The number of aryl methyl sites for hydroxylation is 1. The van der Waals surface area contributed by atoms with E-state index in [2.05, 4.69) is 0 Å². The highest BCUT2D eigenvalue weighted by Crippen LogP contribution is 2.27. The molecule has 0 spiro atoms. The number of carbonyl (C=O) groups excluding carboxylic acids is 3. The van der Waals surface area contributed by atoms with Crippen molar-refractivity contribution in [2.24, 2.45) is 0 Å². The van der Waals surface area contributed by atoms with E-state index in [0.29, 0.717) is 12.8 Å². The van der Waals surface area contributed by atoms with Gasteiger partial charge in [-0.3, -0.25) is 19.3 Å². The van der Waals surface area contributed by atoms with Gasteiger partial charge in [0.05, 0.1) is 17.5 Å². The van der Waals surface area contributed by atoms with Gasteiger partial charge in [0.15, 0.2) is 5.78 Å². The Labute approximate surface area is 153 Å². The minimum absolute atomic E-state index is 0.113. The quantitative estimate of drug-likeness (QED) is 0.719. The van der Waals surface area contributed by atoms with Crippen LogP contribution in [0, 0.1) is 6.92 Å². The fraction of sp³-hybridized carbons (Fsp3) is 0.500. The van der Waals surface area contributed by atoms with Gasteiger partial charge in [-0.25, -0.2) is 8.42 Å². The fourth-order valence-corrected chi connectivity index (χ4v) is 5.10. The molecule has 2 amide bonds. The molecule has 8 heteroatoms. The number of imide groups is 1. The first-order chi connectivity index (χ1) is 12.3. The minimum Gasteiger partial charge on any atom is -0.296 e. The van der Waals surface area contributed by atoms with Crippen molar-refractivity contribution in [1.82, 2.24) is 9.21 Å². The summed E-state index contributed by atoms with van der Waals surface area (Å²) < 4.78 is 27.2. The zero-order valence-electron chi connectivity index (χ0n) is 14.7. The number of ketones is 1. The number of benzene rings is 1. The fourth-order valence-electron chi connectivity index (χ4n) is 3.42. The van der Waals surface area contributed by atoms with E-state index in [1.165, 1.54) is 16.4 Å². The van der Waals surface area contributed by atoms with Crippen molar-refractivity contribution >= 4 is 27.6 Å². The molecule has 0 N–H and O–H groups in total. The van der Waals surface area contributed by atoms with Crippen LogP contribution in [0.15, 0.2) is 29.2 Å². The predicted molar refractivity (Wildman–Crippen MR) is 93.7 cm³/mol. The number of piperidine rings is 1. The second kappa shape index (κ2) is 7.28. The molecule has 1 aromatic rings. The summed E-state index contributed by atoms with van der Waals surface area (Å²) in [6.45, 7) is 1.78. The van der Waals surface area contributed by atoms with E-state index in [1.54, 1.807) is 12.1 Å². The summed E-state index contributed by atoms with van der Waals surface area (Å²) in [5, 5.41) is 0. The zero-order chi connectivity index (χ0) is 18.9. The summed E-state index contributed by atoms with van der Waals surface area (Å²) in [5.74, 6) is -1.14. The lowest BCUT2D eigenvalue weighted by Crippen LogP contribution is -2.51. The van der Waals surface area contributed by atoms with E-state index in [9.17, 15) is 22.8 Å². The molecule has 3 rings (SSSR count). The van der Waals surface area contributed by atoms with E-state index in [0.717, 1.165) is 16.9 Å². The molecule has 2 saturated heterocycles. The molecule has 2 aliphatic heterocycles. The molecular weight excluding hydrogens is 356 g/mol. The summed E-state index contributed by atoms with van der Waals surface area (Å²) in [7, 11) is -3.81. The average Bonchev–Trinajstić information content (AvgIpc) is 2.94. The molecule has 0 saturated carbocycles. The Morgan fingerprint density at radius 2 is 1.69 bits per heavy atom. The maximum atomic E-state index is 13.0. The lowest BCUT2D eigenvalue weighted by molar-refractivity contribution is -0.142. The second-order valence-corrected chi connectivity index (χ2v) is 8.67. The summed E-state index contributed by atoms with van der Waals surface area (Å²) >= 11 is 0. The number of carbonyl (C=O) groups is 3. The Morgan fingerprint density at radius 1 is 1.08 bits per heavy atom. The van der Waals surface area contributed by atoms with Crippen LogP contribution in [0.4, 0.5) is 0 Å². The van der Waals surface area contributed by atoms with Crippen LogP contribution < -0.4 is 0 Å². The van der Waals surface area contributed by atoms with Gasteiger partial charge in [0.25, 0.3) is 0 Å². The molecule has 2 fully saturated rings. The van der Waals surface area contributed by atoms with E-state index in [1.807, 2.05) is 6.92 Å². The average molecular weight is 378 g/mol. The Kier molecular flexibility index (Phi) is 5.24. The number of hydrogen-bond acceptors (Lipinski definition) is 5. The normalized spacial score (nSPS) is 22.0. The van der Waals surface area contributed by atoms with Gasteiger partial charge in [0.1, 0.15) is 0 Å². The van der Waals surface area contributed by atoms with Gasteiger partial charge in [-0.15, -0.1) is 0 Å². The second-order valence-electron chi connectivity index (χ2n) is 6.78. The smallest absolute Gasteiger partial charge is 0.243 e. The van der Waals surface area contributed by atoms with Crippen molar-refractivity contribution in [3.05, 3.63) is 29.8 Å². The highest BCUT2D eigenvalue weighted by molar-refractivity contribution is 7.89. The number of likely N-dealkylation sites (tertiary alicyclic amines) is 1. The molecule has 0 aliphatic carbocycles. The molecular formula is C18H22N2O5S. The van der Waals surface area contributed by atoms with Crippen molar-refractivity contribution in [3.63, 3.8) is 0 Å². The van der Waals surface area contributed by atoms with Gasteiger partial charge in [-0.2, -0.15) is 4.31 Å². The standard InChI is InChI=1S/C18H22N2O5S/c1-13-5-7-14(8-6-13)26(24,25)20-11-3-2-4-15(20)16(21)12-19-17(22)9-10-18(19)23/h5-8,15H,2-4,9-12H2,1H3/t15-/m0/s1. The van der Waals surface area contributed by atoms with Crippen molar-refractivity contribution in [2.45, 2.75) is 50.0 Å². The monoisotopic (exact) mass is 378 g/mol. The Morgan fingerprint density at radius 3 is 2.31 bits per heavy atom. The van der Waals surface area contributed by atoms with Crippen LogP contribution in [-0.4, -0.2) is 54.4 Å². The maximum absolute atomic E-state index is 13.0. The molecule has 2 heterocycles. The third-order valence-corrected chi connectivity index (χ3v) is 6.84. The van der Waals surface area contributed by atoms with E-state index < -0.39 is 21.8 Å². The van der Waals surface area contributed by atoms with Gasteiger partial charge < -0.3 is 0 Å². The van der Waals surface area contributed by atoms with Gasteiger partial charge in [-0.05, 0) is 31.9 Å². The number of nitrogens with zero attached hydrogens (tertiary/aromatic N) is 2. The van der Waals surface area contributed by atoms with E-state index >= 15 is 0 Å². The van der Waals surface area contributed by atoms with Gasteiger partial charge in [-0.1, -0.05) is 24.1 Å². The molecule has 0 unspecified atom stereocenters. The molecule has 2 aliphatic rings. The van der Waals surface area contributed by atoms with Crippen molar-refractivity contribution in [3.8, 4) is 0 Å². The van der Waals surface area contributed by atoms with Gasteiger partial charge >= 0.3 is 0 Å². The van der Waals surface area contributed by atoms with Crippen molar-refractivity contribution < 1.29 is 22.8 Å². The number of Topliss-reactive ketones (excluding diaryl/α,β-unsaturated/α-hetero) is 1. The molecule has 1 atom stereocenters. The highest BCUT2D eigenvalue weighted by Gasteiger charge is 2.40. The summed E-state index contributed by atoms with van der Waals surface area (Å²) in [6.07, 6.45) is 2.04. The predicted octanol–water partition coefficient (Wildman–Crippen LogP) is 1.26. The number of rotatable bonds is 5. The SMILES string of the molecule is Cc1ccc(S(=O)(=O)N2CCCC[C@H]2C(=O)CN2C(=O)CCC2=O)cc1. The van der Waals surface area contributed by atoms with E-state index in [-0.39, 0.29) is 42.6 Å². The lowest BCUT2D eigenvalue weighted by Gasteiger charge is -2.34. The number of amides is 2. The molecule has 0 aromatic heterocycles. The largest absolute Gasteiger partial charge is 0.296 e. The molecule has 0 radical (unpaired) electrons. The lowest BCUT2D eigenvalue weighted by atomic mass is 10.0. The van der Waals surface area contributed by atoms with Crippen LogP contribution >= 0.6 is 0 Å². The van der Waals surface area contributed by atoms with Crippen LogP contribution in [0.25, 0.3) is 0 Å². The first-order valence-corrected chi connectivity index (χ1v) is 10.2. The number of sulfonamides is 1. The molecule has 0 bridgehead atoms. The minimum atomic E-state index is -3.81. The summed E-state index contributed by atoms with van der Waals surface area (Å²) in [4.78, 5) is 37.3. The highest BCUT2D eigenvalue weighted by atomic mass is 32.2. The molecule has 7 nitrogen and oxygen atoms in total. The van der Waals surface area contributed by atoms with Crippen LogP contribution in [0.3, 0.4) is 0 Å². The summed E-state index contributed by atoms with van der Waals surface area (Å²) in [5.41, 5.74) is 0.946. The van der Waals surface area contributed by atoms with Crippen LogP contribution in [-0.2, 0) is 24.4 Å². The molecule has 26 heavy (non-hydrogen) atoms. The van der Waals surface area contributed by atoms with Gasteiger partial charge in [0, 0.05) is 19.4 Å². The zero-order valence-corrected chi connectivity index (χ0v) is 15.5. The first kappa shape index (κ1) is 18.7. The van der Waals surface area contributed by atoms with Crippen LogP contribution in [0.1, 0.15) is 37.7 Å². The Bertz CT molecular complexity index is 816. The summed E-state index contributed by atoms with van der Waals surface area (Å²) in [6, 6.07) is 5.67. The third kappa shape index (κ3) is 3.57. The maximum Gasteiger partial charge on any atom is 0.243 e. The topological polar surface area (TPSA) is 91.8 Å². The third-order valence-electron chi connectivity index (χ3n) is 4.92. The Balaban J connectivity index is 1.83. The van der Waals surface area contributed by atoms with Crippen molar-refractivity contribution in [1.29, 1.82) is 0 Å². The first-order valence-electron chi connectivity index (χ1n) is 8.75. The van der Waals surface area contributed by atoms with Gasteiger partial charge in [0.2, 0.25) is 21.8 Å². The molecule has 140 valence electrons. The molecule has 1 aromatic carbocycles. The van der Waals surface area contributed by atoms with Crippen molar-refractivity contribution in [2.75, 3.05) is 13.1 Å². The van der Waals surface area contributed by atoms with Crippen LogP contribution in [0.5, 0.6) is 0 Å². The number of hydrogen-bond donors (Lipinski definition) is 0. The van der Waals surface area contributed by atoms with E-state index in [4.69, 9.17) is 0 Å². The van der Waals surface area contributed by atoms with Crippen LogP contribution in [0.2, 0.25) is 0 Å². The Hall–Kier alpha value is -2.06.